The summed E-state index contributed by atoms with van der Waals surface area (Å²) in [5.41, 5.74) is -0.180. The second-order valence-corrected chi connectivity index (χ2v) is 7.91. The summed E-state index contributed by atoms with van der Waals surface area (Å²) in [6.07, 6.45) is 5.92. The second kappa shape index (κ2) is 8.44. The molecule has 6 nitrogen and oxygen atoms in total. The Morgan fingerprint density at radius 2 is 1.96 bits per heavy atom. The number of fused-ring (bicyclic) bond motifs is 1. The van der Waals surface area contributed by atoms with Gasteiger partial charge >= 0.3 is 5.97 Å². The molecule has 0 unspecified atom stereocenters. The number of carbonyl (C=O) groups is 2. The van der Waals surface area contributed by atoms with Gasteiger partial charge in [0.25, 0.3) is 0 Å². The van der Waals surface area contributed by atoms with Crippen molar-refractivity contribution in [2.45, 2.75) is 56.7 Å². The zero-order chi connectivity index (χ0) is 19.4. The highest BCUT2D eigenvalue weighted by atomic mass is 79.9. The number of benzene rings is 1. The maximum Gasteiger partial charge on any atom is 0.337 e. The third kappa shape index (κ3) is 3.89. The first-order valence-electron chi connectivity index (χ1n) is 9.27. The van der Waals surface area contributed by atoms with E-state index in [0.29, 0.717) is 12.8 Å². The number of halogens is 1. The molecule has 146 valence electrons. The Morgan fingerprint density at radius 1 is 1.26 bits per heavy atom. The van der Waals surface area contributed by atoms with Crippen LogP contribution in [0, 0.1) is 0 Å². The molecule has 0 aliphatic carbocycles. The smallest absolute Gasteiger partial charge is 0.337 e. The van der Waals surface area contributed by atoms with Gasteiger partial charge in [-0.25, -0.2) is 4.79 Å². The van der Waals surface area contributed by atoms with E-state index in [2.05, 4.69) is 28.1 Å². The summed E-state index contributed by atoms with van der Waals surface area (Å²) in [7, 11) is 0. The van der Waals surface area contributed by atoms with E-state index in [4.69, 9.17) is 4.74 Å². The highest BCUT2D eigenvalue weighted by Gasteiger charge is 2.64. The molecule has 2 atom stereocenters. The van der Waals surface area contributed by atoms with Crippen molar-refractivity contribution in [1.82, 2.24) is 4.90 Å². The molecule has 0 radical (unpaired) electrons. The number of hydrogen-bond donors (Lipinski definition) is 2. The number of carboxylic acid groups (broad SMARTS) is 1. The van der Waals surface area contributed by atoms with Crippen LogP contribution in [0.2, 0.25) is 0 Å². The van der Waals surface area contributed by atoms with Gasteiger partial charge in [0.2, 0.25) is 11.4 Å². The number of unbranched alkanes of at least 4 members (excludes halogenated alkanes) is 3. The van der Waals surface area contributed by atoms with Gasteiger partial charge in [0.1, 0.15) is 5.76 Å². The lowest BCUT2D eigenvalue weighted by atomic mass is 9.86. The molecule has 0 bridgehead atoms. The van der Waals surface area contributed by atoms with Gasteiger partial charge in [-0.1, -0.05) is 47.3 Å². The molecule has 0 aromatic heterocycles. The lowest BCUT2D eigenvalue weighted by Crippen LogP contribution is -2.62. The van der Waals surface area contributed by atoms with E-state index in [1.807, 2.05) is 12.1 Å². The van der Waals surface area contributed by atoms with E-state index >= 15 is 0 Å². The number of carboxylic acids is 1. The topological polar surface area (TPSA) is 87.1 Å². The number of aliphatic carboxylic acids is 1. The number of nitrogens with zero attached hydrogens (tertiary/aromatic N) is 1. The Balaban J connectivity index is 1.54. The number of β-lactam (4-membered cyclic amide) rings is 1. The molecular weight excluding hydrogens is 414 g/mol. The Bertz CT molecular complexity index is 732. The minimum absolute atomic E-state index is 0.197. The molecule has 1 aromatic carbocycles. The van der Waals surface area contributed by atoms with Gasteiger partial charge in [-0.15, -0.1) is 0 Å². The van der Waals surface area contributed by atoms with Crippen LogP contribution in [0.3, 0.4) is 0 Å². The maximum absolute atomic E-state index is 12.1. The van der Waals surface area contributed by atoms with Crippen molar-refractivity contribution in [1.29, 1.82) is 0 Å². The second-order valence-electron chi connectivity index (χ2n) is 7.00. The van der Waals surface area contributed by atoms with Crippen LogP contribution in [0.5, 0.6) is 0 Å². The Kier molecular flexibility index (Phi) is 6.22. The molecule has 2 heterocycles. The summed E-state index contributed by atoms with van der Waals surface area (Å²) in [6, 6.07) is 8.25. The van der Waals surface area contributed by atoms with Crippen molar-refractivity contribution in [3.63, 3.8) is 0 Å². The van der Waals surface area contributed by atoms with Crippen LogP contribution >= 0.6 is 15.9 Å². The quantitative estimate of drug-likeness (QED) is 0.457. The largest absolute Gasteiger partial charge is 0.479 e. The van der Waals surface area contributed by atoms with Crippen molar-refractivity contribution in [3.05, 3.63) is 46.1 Å². The number of amides is 1. The first kappa shape index (κ1) is 19.9. The van der Waals surface area contributed by atoms with E-state index in [1.165, 1.54) is 16.5 Å². The van der Waals surface area contributed by atoms with Crippen molar-refractivity contribution in [2.24, 2.45) is 0 Å². The lowest BCUT2D eigenvalue weighted by molar-refractivity contribution is -0.171. The molecule has 1 amide bonds. The summed E-state index contributed by atoms with van der Waals surface area (Å²) in [6.45, 7) is -0.313. The van der Waals surface area contributed by atoms with Crippen LogP contribution in [-0.4, -0.2) is 45.4 Å². The average Bonchev–Trinajstić information content (AvgIpc) is 2.88. The van der Waals surface area contributed by atoms with Gasteiger partial charge in [0, 0.05) is 4.47 Å². The number of aliphatic hydroxyl groups is 1. The molecule has 0 saturated carbocycles. The highest BCUT2D eigenvalue weighted by Crippen LogP contribution is 2.46. The van der Waals surface area contributed by atoms with Gasteiger partial charge in [0.05, 0.1) is 13.0 Å². The maximum atomic E-state index is 12.1. The van der Waals surface area contributed by atoms with Crippen molar-refractivity contribution in [2.75, 3.05) is 6.61 Å². The Morgan fingerprint density at radius 3 is 2.59 bits per heavy atom. The monoisotopic (exact) mass is 437 g/mol. The molecule has 1 aromatic rings. The summed E-state index contributed by atoms with van der Waals surface area (Å²) < 4.78 is 6.68. The van der Waals surface area contributed by atoms with Gasteiger partial charge in [-0.05, 0) is 43.0 Å². The van der Waals surface area contributed by atoms with Gasteiger partial charge < -0.3 is 14.9 Å². The van der Waals surface area contributed by atoms with Gasteiger partial charge in [-0.2, -0.15) is 0 Å². The standard InChI is InChI=1S/C20H24BrNO5/c21-15-8-6-14(7-9-15)5-3-1-2-4-11-20(19(25)26)16(10-12-23)27-18-13-17(24)22(18)20/h6-10,18,23H,1-5,11-13H2,(H,25,26)/b16-10-/t18-,20-/m1/s1. The molecule has 7 heteroatoms. The van der Waals surface area contributed by atoms with Crippen LogP contribution in [0.15, 0.2) is 40.6 Å². The zero-order valence-electron chi connectivity index (χ0n) is 15.1. The lowest BCUT2D eigenvalue weighted by Gasteiger charge is -2.40. The highest BCUT2D eigenvalue weighted by molar-refractivity contribution is 9.10. The first-order chi connectivity index (χ1) is 13.0. The van der Waals surface area contributed by atoms with Crippen LogP contribution in [0.1, 0.15) is 44.1 Å². The number of carbonyl (C=O) groups excluding carboxylic acids is 1. The number of hydrogen-bond acceptors (Lipinski definition) is 4. The minimum atomic E-state index is -1.46. The third-order valence-electron chi connectivity index (χ3n) is 5.29. The molecule has 2 aliphatic rings. The summed E-state index contributed by atoms with van der Waals surface area (Å²) in [5, 5.41) is 19.1. The molecule has 2 aliphatic heterocycles. The molecule has 3 rings (SSSR count). The van der Waals surface area contributed by atoms with Crippen LogP contribution in [0.25, 0.3) is 0 Å². The zero-order valence-corrected chi connectivity index (χ0v) is 16.7. The number of rotatable bonds is 9. The SMILES string of the molecule is O=C1C[C@H]2O/C(=C\CO)[C@](CCCCCCc3ccc(Br)cc3)(C(=O)O)N12. The van der Waals surface area contributed by atoms with E-state index in [-0.39, 0.29) is 24.7 Å². The number of aryl methyl sites for hydroxylation is 1. The van der Waals surface area contributed by atoms with Crippen LogP contribution in [0.4, 0.5) is 0 Å². The van der Waals surface area contributed by atoms with Crippen molar-refractivity contribution < 1.29 is 24.5 Å². The van der Waals surface area contributed by atoms with E-state index in [1.54, 1.807) is 0 Å². The van der Waals surface area contributed by atoms with Crippen LogP contribution in [-0.2, 0) is 20.7 Å². The summed E-state index contributed by atoms with van der Waals surface area (Å²) >= 11 is 3.42. The summed E-state index contributed by atoms with van der Waals surface area (Å²) in [4.78, 5) is 25.4. The third-order valence-corrected chi connectivity index (χ3v) is 5.81. The number of aliphatic hydroxyl groups excluding tert-OH is 1. The number of ether oxygens (including phenoxy) is 1. The predicted molar refractivity (Wildman–Crippen MR) is 103 cm³/mol. The fourth-order valence-electron chi connectivity index (χ4n) is 3.88. The van der Waals surface area contributed by atoms with E-state index in [0.717, 1.165) is 30.2 Å². The van der Waals surface area contributed by atoms with Crippen LogP contribution < -0.4 is 0 Å². The molecule has 27 heavy (non-hydrogen) atoms. The Labute approximate surface area is 166 Å². The average molecular weight is 438 g/mol. The molecule has 2 N–H and O–H groups in total. The van der Waals surface area contributed by atoms with Crippen molar-refractivity contribution >= 4 is 27.8 Å². The molecular formula is C20H24BrNO5. The molecule has 2 fully saturated rings. The Hall–Kier alpha value is -1.86. The fourth-order valence-corrected chi connectivity index (χ4v) is 4.14. The summed E-state index contributed by atoms with van der Waals surface area (Å²) in [5.74, 6) is -1.10. The molecule has 2 saturated heterocycles. The fraction of sp³-hybridized carbons (Fsp3) is 0.500. The van der Waals surface area contributed by atoms with Gasteiger partial charge in [-0.3, -0.25) is 9.69 Å². The predicted octanol–water partition coefficient (Wildman–Crippen LogP) is 3.23. The minimum Gasteiger partial charge on any atom is -0.479 e. The van der Waals surface area contributed by atoms with Gasteiger partial charge in [0.15, 0.2) is 6.23 Å². The van der Waals surface area contributed by atoms with E-state index in [9.17, 15) is 19.8 Å². The van der Waals surface area contributed by atoms with Crippen molar-refractivity contribution in [3.8, 4) is 0 Å². The van der Waals surface area contributed by atoms with E-state index < -0.39 is 17.7 Å². The molecule has 0 spiro atoms. The first-order valence-corrected chi connectivity index (χ1v) is 10.1. The normalized spacial score (nSPS) is 25.3.